The fraction of sp³-hybridized carbons (Fsp3) is 0.154. The number of rotatable bonds is 3. The summed E-state index contributed by atoms with van der Waals surface area (Å²) in [4.78, 5) is 18.8. The van der Waals surface area contributed by atoms with E-state index in [1.165, 1.54) is 6.07 Å². The van der Waals surface area contributed by atoms with Crippen LogP contribution < -0.4 is 4.74 Å². The molecule has 0 fully saturated rings. The molecule has 0 aliphatic heterocycles. The summed E-state index contributed by atoms with van der Waals surface area (Å²) < 4.78 is 5.50. The van der Waals surface area contributed by atoms with Gasteiger partial charge in [-0.1, -0.05) is 18.2 Å². The van der Waals surface area contributed by atoms with Crippen molar-refractivity contribution in [2.24, 2.45) is 0 Å². The van der Waals surface area contributed by atoms with Crippen LogP contribution in [0, 0.1) is 13.8 Å². The maximum Gasteiger partial charge on any atom is 0.354 e. The Balaban J connectivity index is 2.35. The summed E-state index contributed by atoms with van der Waals surface area (Å²) in [6.45, 7) is 3.59. The highest BCUT2D eigenvalue weighted by molar-refractivity contribution is 5.85. The van der Waals surface area contributed by atoms with Crippen molar-refractivity contribution in [1.82, 2.24) is 9.97 Å². The van der Waals surface area contributed by atoms with Gasteiger partial charge < -0.3 is 9.84 Å². The molecule has 18 heavy (non-hydrogen) atoms. The normalized spacial score (nSPS) is 10.1. The van der Waals surface area contributed by atoms with Gasteiger partial charge in [-0.2, -0.15) is 4.98 Å². The summed E-state index contributed by atoms with van der Waals surface area (Å²) in [6.07, 6.45) is 0. The molecule has 0 saturated heterocycles. The van der Waals surface area contributed by atoms with Gasteiger partial charge in [0.15, 0.2) is 5.69 Å². The Kier molecular flexibility index (Phi) is 3.23. The third-order valence-corrected chi connectivity index (χ3v) is 2.35. The number of carboxylic acids is 1. The SMILES string of the molecule is Cc1cc(C(=O)O)nc(Oc2ccccc2C)n1. The number of nitrogens with zero attached hydrogens (tertiary/aromatic N) is 2. The lowest BCUT2D eigenvalue weighted by molar-refractivity contribution is 0.0689. The van der Waals surface area contributed by atoms with Crippen molar-refractivity contribution in [2.45, 2.75) is 13.8 Å². The maximum absolute atomic E-state index is 10.9. The van der Waals surface area contributed by atoms with Crippen LogP contribution in [-0.2, 0) is 0 Å². The molecular weight excluding hydrogens is 232 g/mol. The second-order valence-corrected chi connectivity index (χ2v) is 3.85. The van der Waals surface area contributed by atoms with Crippen LogP contribution in [-0.4, -0.2) is 21.0 Å². The van der Waals surface area contributed by atoms with Crippen LogP contribution in [0.25, 0.3) is 0 Å². The van der Waals surface area contributed by atoms with Gasteiger partial charge in [0.1, 0.15) is 5.75 Å². The van der Waals surface area contributed by atoms with E-state index in [9.17, 15) is 4.79 Å². The molecule has 5 heteroatoms. The number of hydrogen-bond acceptors (Lipinski definition) is 4. The highest BCUT2D eigenvalue weighted by Gasteiger charge is 2.10. The summed E-state index contributed by atoms with van der Waals surface area (Å²) in [5, 5.41) is 8.91. The Morgan fingerprint density at radius 1 is 1.22 bits per heavy atom. The zero-order chi connectivity index (χ0) is 13.1. The van der Waals surface area contributed by atoms with E-state index >= 15 is 0 Å². The quantitative estimate of drug-likeness (QED) is 0.898. The Morgan fingerprint density at radius 2 is 1.94 bits per heavy atom. The molecule has 5 nitrogen and oxygen atoms in total. The van der Waals surface area contributed by atoms with Gasteiger partial charge in [0.2, 0.25) is 0 Å². The molecule has 1 heterocycles. The molecule has 0 saturated carbocycles. The van der Waals surface area contributed by atoms with Gasteiger partial charge in [-0.25, -0.2) is 9.78 Å². The van der Waals surface area contributed by atoms with E-state index in [-0.39, 0.29) is 11.7 Å². The Hall–Kier alpha value is -2.43. The summed E-state index contributed by atoms with van der Waals surface area (Å²) in [6, 6.07) is 8.83. The zero-order valence-electron chi connectivity index (χ0n) is 10.0. The average molecular weight is 244 g/mol. The number of aromatic nitrogens is 2. The van der Waals surface area contributed by atoms with Crippen LogP contribution in [0.15, 0.2) is 30.3 Å². The lowest BCUT2D eigenvalue weighted by Gasteiger charge is -2.07. The van der Waals surface area contributed by atoms with Crippen LogP contribution in [0.5, 0.6) is 11.8 Å². The molecule has 1 aromatic carbocycles. The molecule has 2 rings (SSSR count). The minimum absolute atomic E-state index is 0.0432. The second kappa shape index (κ2) is 4.83. The van der Waals surface area contributed by atoms with Crippen LogP contribution >= 0.6 is 0 Å². The Morgan fingerprint density at radius 3 is 2.61 bits per heavy atom. The van der Waals surface area contributed by atoms with Crippen molar-refractivity contribution in [3.8, 4) is 11.8 Å². The first-order valence-corrected chi connectivity index (χ1v) is 5.39. The molecule has 0 aliphatic rings. The van der Waals surface area contributed by atoms with Crippen molar-refractivity contribution < 1.29 is 14.6 Å². The largest absolute Gasteiger partial charge is 0.477 e. The van der Waals surface area contributed by atoms with Crippen molar-refractivity contribution in [3.05, 3.63) is 47.3 Å². The number of carbonyl (C=O) groups is 1. The molecule has 0 bridgehead atoms. The van der Waals surface area contributed by atoms with Crippen LogP contribution in [0.2, 0.25) is 0 Å². The zero-order valence-corrected chi connectivity index (χ0v) is 10.0. The number of hydrogen-bond donors (Lipinski definition) is 1. The molecule has 1 aromatic heterocycles. The third-order valence-electron chi connectivity index (χ3n) is 2.35. The Labute approximate surface area is 104 Å². The fourth-order valence-corrected chi connectivity index (χ4v) is 1.47. The van der Waals surface area contributed by atoms with Crippen molar-refractivity contribution >= 4 is 5.97 Å². The van der Waals surface area contributed by atoms with Gasteiger partial charge in [-0.15, -0.1) is 0 Å². The first-order valence-electron chi connectivity index (χ1n) is 5.39. The standard InChI is InChI=1S/C13H12N2O3/c1-8-5-3-4-6-11(8)18-13-14-9(2)7-10(15-13)12(16)17/h3-7H,1-2H3,(H,16,17). The summed E-state index contributed by atoms with van der Waals surface area (Å²) >= 11 is 0. The lowest BCUT2D eigenvalue weighted by Crippen LogP contribution is -2.04. The molecule has 0 aliphatic carbocycles. The van der Waals surface area contributed by atoms with E-state index in [1.54, 1.807) is 13.0 Å². The number of benzene rings is 1. The maximum atomic E-state index is 10.9. The molecule has 0 radical (unpaired) electrons. The molecule has 0 spiro atoms. The molecule has 1 N–H and O–H groups in total. The number of ether oxygens (including phenoxy) is 1. The fourth-order valence-electron chi connectivity index (χ4n) is 1.47. The van der Waals surface area contributed by atoms with Crippen LogP contribution in [0.1, 0.15) is 21.7 Å². The summed E-state index contributed by atoms with van der Waals surface area (Å²) in [5.74, 6) is -0.491. The number of para-hydroxylation sites is 1. The van der Waals surface area contributed by atoms with Gasteiger partial charge in [-0.05, 0) is 31.5 Å². The van der Waals surface area contributed by atoms with Gasteiger partial charge in [0.05, 0.1) is 0 Å². The predicted octanol–water partition coefficient (Wildman–Crippen LogP) is 2.58. The molecule has 0 atom stereocenters. The molecular formula is C13H12N2O3. The third kappa shape index (κ3) is 2.63. The van der Waals surface area contributed by atoms with Gasteiger partial charge in [0.25, 0.3) is 0 Å². The molecule has 0 amide bonds. The van der Waals surface area contributed by atoms with Crippen molar-refractivity contribution in [1.29, 1.82) is 0 Å². The lowest BCUT2D eigenvalue weighted by atomic mass is 10.2. The Bertz CT molecular complexity index is 597. The van der Waals surface area contributed by atoms with Crippen LogP contribution in [0.3, 0.4) is 0 Å². The average Bonchev–Trinajstić information content (AvgIpc) is 2.31. The number of carboxylic acid groups (broad SMARTS) is 1. The monoisotopic (exact) mass is 244 g/mol. The summed E-state index contributed by atoms with van der Waals surface area (Å²) in [7, 11) is 0. The van der Waals surface area contributed by atoms with Crippen molar-refractivity contribution in [3.63, 3.8) is 0 Å². The topological polar surface area (TPSA) is 72.3 Å². The molecule has 2 aromatic rings. The van der Waals surface area contributed by atoms with E-state index in [0.717, 1.165) is 5.56 Å². The highest BCUT2D eigenvalue weighted by atomic mass is 16.5. The van der Waals surface area contributed by atoms with Gasteiger partial charge >= 0.3 is 12.0 Å². The molecule has 0 unspecified atom stereocenters. The van der Waals surface area contributed by atoms with Gasteiger partial charge in [-0.3, -0.25) is 0 Å². The van der Waals surface area contributed by atoms with Gasteiger partial charge in [0, 0.05) is 5.69 Å². The minimum atomic E-state index is -1.10. The van der Waals surface area contributed by atoms with E-state index < -0.39 is 5.97 Å². The van der Waals surface area contributed by atoms with Crippen molar-refractivity contribution in [2.75, 3.05) is 0 Å². The first-order chi connectivity index (χ1) is 8.56. The van der Waals surface area contributed by atoms with E-state index in [1.807, 2.05) is 25.1 Å². The second-order valence-electron chi connectivity index (χ2n) is 3.85. The first kappa shape index (κ1) is 12.0. The van der Waals surface area contributed by atoms with E-state index in [2.05, 4.69) is 9.97 Å². The highest BCUT2D eigenvalue weighted by Crippen LogP contribution is 2.22. The number of aryl methyl sites for hydroxylation is 2. The minimum Gasteiger partial charge on any atom is -0.477 e. The van der Waals surface area contributed by atoms with E-state index in [0.29, 0.717) is 11.4 Å². The van der Waals surface area contributed by atoms with E-state index in [4.69, 9.17) is 9.84 Å². The molecule has 92 valence electrons. The van der Waals surface area contributed by atoms with Crippen LogP contribution in [0.4, 0.5) is 0 Å². The number of aromatic carboxylic acids is 1. The predicted molar refractivity (Wildman–Crippen MR) is 65.0 cm³/mol. The summed E-state index contributed by atoms with van der Waals surface area (Å²) in [5.41, 5.74) is 1.40. The smallest absolute Gasteiger partial charge is 0.354 e.